The number of carbonyl (C=O) groups excluding carboxylic acids is 1. The fraction of sp³-hybridized carbons (Fsp3) is 0.464. The van der Waals surface area contributed by atoms with Crippen LogP contribution in [0.1, 0.15) is 45.7 Å². The van der Waals surface area contributed by atoms with Crippen LogP contribution < -0.4 is 4.90 Å². The van der Waals surface area contributed by atoms with Crippen molar-refractivity contribution in [1.29, 1.82) is 0 Å². The van der Waals surface area contributed by atoms with E-state index in [4.69, 9.17) is 21.7 Å². The average molecular weight is 569 g/mol. The lowest BCUT2D eigenvalue weighted by Crippen LogP contribution is -2.48. The van der Waals surface area contributed by atoms with Crippen LogP contribution in [0.15, 0.2) is 30.6 Å². The van der Waals surface area contributed by atoms with E-state index in [9.17, 15) is 9.59 Å². The Hall–Kier alpha value is -2.92. The number of thiazole rings is 1. The predicted octanol–water partition coefficient (Wildman–Crippen LogP) is 4.18. The third kappa shape index (κ3) is 6.63. The first-order valence-electron chi connectivity index (χ1n) is 13.3. The van der Waals surface area contributed by atoms with Crippen molar-refractivity contribution in [3.8, 4) is 11.3 Å². The fourth-order valence-corrected chi connectivity index (χ4v) is 6.43. The molecule has 1 atom stereocenters. The van der Waals surface area contributed by atoms with Crippen LogP contribution in [0.5, 0.6) is 0 Å². The molecule has 0 saturated carbocycles. The van der Waals surface area contributed by atoms with Gasteiger partial charge in [0.25, 0.3) is 0 Å². The monoisotopic (exact) mass is 568 g/mol. The molecule has 1 N–H and O–H groups in total. The Balaban J connectivity index is 1.29. The molecule has 0 amide bonds. The number of nitrogens with zero attached hydrogens (tertiary/aromatic N) is 6. The smallest absolute Gasteiger partial charge is 0.317 e. The molecule has 0 radical (unpaired) electrons. The third-order valence-electron chi connectivity index (χ3n) is 7.50. The van der Waals surface area contributed by atoms with Gasteiger partial charge in [0.1, 0.15) is 16.5 Å². The number of benzene rings is 1. The van der Waals surface area contributed by atoms with Gasteiger partial charge in [-0.15, -0.1) is 11.3 Å². The van der Waals surface area contributed by atoms with E-state index < -0.39 is 5.97 Å². The first-order chi connectivity index (χ1) is 18.8. The van der Waals surface area contributed by atoms with E-state index in [0.29, 0.717) is 43.7 Å². The Morgan fingerprint density at radius 3 is 2.56 bits per heavy atom. The second-order valence-corrected chi connectivity index (χ2v) is 11.9. The van der Waals surface area contributed by atoms with Crippen molar-refractivity contribution in [3.63, 3.8) is 0 Å². The van der Waals surface area contributed by atoms with Crippen LogP contribution >= 0.6 is 22.9 Å². The van der Waals surface area contributed by atoms with Crippen molar-refractivity contribution in [2.24, 2.45) is 0 Å². The van der Waals surface area contributed by atoms with Crippen LogP contribution in [0, 0.1) is 6.92 Å². The molecule has 1 aromatic carbocycles. The zero-order valence-corrected chi connectivity index (χ0v) is 23.8. The number of hydrogen-bond donors (Lipinski definition) is 1. The summed E-state index contributed by atoms with van der Waals surface area (Å²) in [5, 5.41) is 10.5. The van der Waals surface area contributed by atoms with E-state index in [1.807, 2.05) is 24.0 Å². The normalized spacial score (nSPS) is 18.5. The minimum absolute atomic E-state index is 0.0435. The maximum atomic E-state index is 13.2. The number of likely N-dealkylation sites (tertiary alicyclic amines) is 1. The average Bonchev–Trinajstić information content (AvgIpc) is 3.51. The number of hydrogen-bond acceptors (Lipinski definition) is 9. The molecule has 2 fully saturated rings. The van der Waals surface area contributed by atoms with Gasteiger partial charge in [0, 0.05) is 54.2 Å². The molecule has 2 aliphatic heterocycles. The van der Waals surface area contributed by atoms with E-state index in [-0.39, 0.29) is 18.7 Å². The summed E-state index contributed by atoms with van der Waals surface area (Å²) in [6, 6.07) is 6.50. The molecule has 206 valence electrons. The topological polar surface area (TPSA) is 103 Å². The second kappa shape index (κ2) is 12.1. The van der Waals surface area contributed by atoms with Crippen molar-refractivity contribution in [3.05, 3.63) is 56.8 Å². The van der Waals surface area contributed by atoms with Crippen LogP contribution in [0.4, 0.5) is 5.82 Å². The number of aromatic nitrogens is 3. The summed E-state index contributed by atoms with van der Waals surface area (Å²) in [6.07, 6.45) is 5.73. The number of anilines is 1. The molecule has 0 unspecified atom stereocenters. The molecular weight excluding hydrogens is 536 g/mol. The summed E-state index contributed by atoms with van der Waals surface area (Å²) in [5.41, 5.74) is 3.25. The zero-order valence-electron chi connectivity index (χ0n) is 22.3. The predicted molar refractivity (Wildman–Crippen MR) is 153 cm³/mol. The van der Waals surface area contributed by atoms with E-state index in [2.05, 4.69) is 32.8 Å². The van der Waals surface area contributed by atoms with E-state index in [0.717, 1.165) is 44.8 Å². The summed E-state index contributed by atoms with van der Waals surface area (Å²) in [5.74, 6) is -0.244. The summed E-state index contributed by atoms with van der Waals surface area (Å²) >= 11 is 7.88. The number of halogens is 1. The molecule has 11 heteroatoms. The Morgan fingerprint density at radius 1 is 1.13 bits per heavy atom. The van der Waals surface area contributed by atoms with Crippen LogP contribution in [0.25, 0.3) is 11.3 Å². The van der Waals surface area contributed by atoms with Crippen LogP contribution in [-0.4, -0.2) is 86.9 Å². The van der Waals surface area contributed by atoms with Gasteiger partial charge in [-0.3, -0.25) is 19.4 Å². The number of aryl methyl sites for hydroxylation is 1. The van der Waals surface area contributed by atoms with Crippen LogP contribution in [0.3, 0.4) is 0 Å². The summed E-state index contributed by atoms with van der Waals surface area (Å²) in [7, 11) is 0. The maximum Gasteiger partial charge on any atom is 0.317 e. The molecular formula is C28H33ClN6O3S. The molecule has 3 aromatic rings. The highest BCUT2D eigenvalue weighted by molar-refractivity contribution is 7.12. The Labute approximate surface area is 237 Å². The van der Waals surface area contributed by atoms with E-state index in [1.54, 1.807) is 17.5 Å². The zero-order chi connectivity index (χ0) is 27.5. The highest BCUT2D eigenvalue weighted by atomic mass is 35.5. The molecule has 0 bridgehead atoms. The standard InChI is InChI=1S/C28H33ClN6O3S/c1-18-12-20(5-6-21(18)29)28-24(16-35-7-3-4-19(35)2)39-26(32-28)13-23(36)22-14-31-25(15-30-22)34-10-8-33(9-11-34)17-27(37)38/h5-6,12,14-15,19H,3-4,7-11,13,16-17H2,1-2H3,(H,37,38)/t19-/m1/s1. The van der Waals surface area contributed by atoms with E-state index >= 15 is 0 Å². The van der Waals surface area contributed by atoms with Gasteiger partial charge in [-0.2, -0.15) is 0 Å². The number of Topliss-reactive ketones (excluding diaryl/α,β-unsaturated/α-hetero) is 1. The van der Waals surface area contributed by atoms with E-state index in [1.165, 1.54) is 19.0 Å². The first-order valence-corrected chi connectivity index (χ1v) is 14.5. The largest absolute Gasteiger partial charge is 0.480 e. The van der Waals surface area contributed by atoms with Crippen LogP contribution in [-0.2, 0) is 17.8 Å². The molecule has 0 aliphatic carbocycles. The van der Waals surface area contributed by atoms with Crippen molar-refractivity contribution in [2.45, 2.75) is 45.7 Å². The van der Waals surface area contributed by atoms with Gasteiger partial charge >= 0.3 is 5.97 Å². The minimum Gasteiger partial charge on any atom is -0.480 e. The van der Waals surface area contributed by atoms with Gasteiger partial charge in [-0.25, -0.2) is 15.0 Å². The van der Waals surface area contributed by atoms with Gasteiger partial charge in [0.05, 0.1) is 31.1 Å². The molecule has 2 aliphatic rings. The third-order valence-corrected chi connectivity index (χ3v) is 8.97. The fourth-order valence-electron chi connectivity index (χ4n) is 5.20. The molecule has 9 nitrogen and oxygen atoms in total. The van der Waals surface area contributed by atoms with Crippen molar-refractivity contribution in [1.82, 2.24) is 24.8 Å². The number of carboxylic acid groups (broad SMARTS) is 1. The molecule has 5 rings (SSSR count). The minimum atomic E-state index is -0.820. The number of ketones is 1. The van der Waals surface area contributed by atoms with Gasteiger partial charge in [0.15, 0.2) is 5.78 Å². The Kier molecular flexibility index (Phi) is 8.56. The lowest BCUT2D eigenvalue weighted by molar-refractivity contribution is -0.138. The van der Waals surface area contributed by atoms with Gasteiger partial charge in [-0.1, -0.05) is 17.7 Å². The first kappa shape index (κ1) is 27.6. The number of carbonyl (C=O) groups is 2. The SMILES string of the molecule is Cc1cc(-c2nc(CC(=O)c3cnc(N4CCN(CC(=O)O)CC4)cn3)sc2CN2CCC[C@H]2C)ccc1Cl. The van der Waals surface area contributed by atoms with Crippen LogP contribution in [0.2, 0.25) is 5.02 Å². The van der Waals surface area contributed by atoms with Gasteiger partial charge < -0.3 is 10.0 Å². The number of rotatable bonds is 9. The maximum absolute atomic E-state index is 13.2. The highest BCUT2D eigenvalue weighted by Gasteiger charge is 2.25. The van der Waals surface area contributed by atoms with Crippen molar-refractivity contribution < 1.29 is 14.7 Å². The molecule has 2 saturated heterocycles. The lowest BCUT2D eigenvalue weighted by atomic mass is 10.1. The number of carboxylic acids is 1. The number of piperazine rings is 1. The summed E-state index contributed by atoms with van der Waals surface area (Å²) in [6.45, 7) is 8.81. The molecule has 4 heterocycles. The Morgan fingerprint density at radius 2 is 1.92 bits per heavy atom. The lowest BCUT2D eigenvalue weighted by Gasteiger charge is -2.34. The summed E-state index contributed by atoms with van der Waals surface area (Å²) < 4.78 is 0. The molecule has 39 heavy (non-hydrogen) atoms. The second-order valence-electron chi connectivity index (χ2n) is 10.3. The summed E-state index contributed by atoms with van der Waals surface area (Å²) in [4.78, 5) is 45.5. The van der Waals surface area contributed by atoms with Crippen molar-refractivity contribution in [2.75, 3.05) is 44.2 Å². The van der Waals surface area contributed by atoms with Gasteiger partial charge in [-0.05, 0) is 50.9 Å². The quantitative estimate of drug-likeness (QED) is 0.381. The highest BCUT2D eigenvalue weighted by Crippen LogP contribution is 2.33. The van der Waals surface area contributed by atoms with Crippen molar-refractivity contribution >= 4 is 40.5 Å². The molecule has 0 spiro atoms. The number of aliphatic carboxylic acids is 1. The Bertz CT molecular complexity index is 1340. The molecule has 2 aromatic heterocycles. The van der Waals surface area contributed by atoms with Gasteiger partial charge in [0.2, 0.25) is 0 Å².